The highest BCUT2D eigenvalue weighted by Gasteiger charge is 2.24. The second-order valence-electron chi connectivity index (χ2n) is 4.99. The zero-order chi connectivity index (χ0) is 15.4. The predicted molar refractivity (Wildman–Crippen MR) is 86.3 cm³/mol. The minimum absolute atomic E-state index is 0.106. The van der Waals surface area contributed by atoms with Gasteiger partial charge < -0.3 is 9.47 Å². The number of nitrogens with zero attached hydrogens (tertiary/aromatic N) is 1. The first kappa shape index (κ1) is 15.0. The highest BCUT2D eigenvalue weighted by molar-refractivity contribution is 7.14. The SMILES string of the molecule is CCOc1ccc(-c2csc(NC(=O)[C@@H]3CCCO3)n2)cc1. The summed E-state index contributed by atoms with van der Waals surface area (Å²) in [5.41, 5.74) is 1.84. The fourth-order valence-corrected chi connectivity index (χ4v) is 3.05. The summed E-state index contributed by atoms with van der Waals surface area (Å²) in [6.45, 7) is 3.26. The largest absolute Gasteiger partial charge is 0.494 e. The molecule has 1 aliphatic heterocycles. The molecule has 0 bridgehead atoms. The highest BCUT2D eigenvalue weighted by Crippen LogP contribution is 2.27. The maximum atomic E-state index is 12.0. The number of amides is 1. The van der Waals surface area contributed by atoms with Crippen LogP contribution in [-0.2, 0) is 9.53 Å². The maximum Gasteiger partial charge on any atom is 0.255 e. The molecule has 0 radical (unpaired) electrons. The Balaban J connectivity index is 1.66. The molecule has 5 nitrogen and oxygen atoms in total. The lowest BCUT2D eigenvalue weighted by atomic mass is 10.2. The van der Waals surface area contributed by atoms with Crippen molar-refractivity contribution in [2.24, 2.45) is 0 Å². The molecule has 3 rings (SSSR count). The first-order valence-electron chi connectivity index (χ1n) is 7.37. The van der Waals surface area contributed by atoms with E-state index in [0.29, 0.717) is 18.3 Å². The zero-order valence-corrected chi connectivity index (χ0v) is 13.2. The van der Waals surface area contributed by atoms with E-state index in [1.165, 1.54) is 11.3 Å². The lowest BCUT2D eigenvalue weighted by Gasteiger charge is -2.07. The van der Waals surface area contributed by atoms with Crippen molar-refractivity contribution in [3.63, 3.8) is 0 Å². The fourth-order valence-electron chi connectivity index (χ4n) is 2.32. The van der Waals surface area contributed by atoms with Crippen LogP contribution in [0.25, 0.3) is 11.3 Å². The topological polar surface area (TPSA) is 60.5 Å². The molecular weight excluding hydrogens is 300 g/mol. The van der Waals surface area contributed by atoms with Crippen LogP contribution in [0.5, 0.6) is 5.75 Å². The first-order valence-corrected chi connectivity index (χ1v) is 8.25. The van der Waals surface area contributed by atoms with Crippen molar-refractivity contribution in [2.45, 2.75) is 25.9 Å². The summed E-state index contributed by atoms with van der Waals surface area (Å²) in [6.07, 6.45) is 1.38. The summed E-state index contributed by atoms with van der Waals surface area (Å²) >= 11 is 1.42. The Labute approximate surface area is 133 Å². The van der Waals surface area contributed by atoms with Gasteiger partial charge in [0.05, 0.1) is 12.3 Å². The molecule has 22 heavy (non-hydrogen) atoms. The number of rotatable bonds is 5. The molecule has 1 saturated heterocycles. The molecule has 116 valence electrons. The van der Waals surface area contributed by atoms with Crippen LogP contribution in [0.1, 0.15) is 19.8 Å². The molecule has 2 heterocycles. The Morgan fingerprint density at radius 1 is 1.45 bits per heavy atom. The van der Waals surface area contributed by atoms with Gasteiger partial charge in [0.1, 0.15) is 11.9 Å². The Kier molecular flexibility index (Phi) is 4.70. The van der Waals surface area contributed by atoms with Crippen molar-refractivity contribution in [3.05, 3.63) is 29.6 Å². The number of hydrogen-bond donors (Lipinski definition) is 1. The van der Waals surface area contributed by atoms with Crippen molar-refractivity contribution < 1.29 is 14.3 Å². The van der Waals surface area contributed by atoms with Crippen LogP contribution in [0.2, 0.25) is 0 Å². The molecule has 1 aliphatic rings. The fraction of sp³-hybridized carbons (Fsp3) is 0.375. The van der Waals surface area contributed by atoms with Crippen LogP contribution in [0.15, 0.2) is 29.6 Å². The van der Waals surface area contributed by atoms with Gasteiger partial charge in [-0.3, -0.25) is 10.1 Å². The minimum atomic E-state index is -0.335. The molecule has 1 N–H and O–H groups in total. The third-order valence-corrected chi connectivity index (χ3v) is 4.18. The van der Waals surface area contributed by atoms with Crippen molar-refractivity contribution in [1.82, 2.24) is 4.98 Å². The van der Waals surface area contributed by atoms with Crippen LogP contribution < -0.4 is 10.1 Å². The molecule has 0 unspecified atom stereocenters. The van der Waals surface area contributed by atoms with Gasteiger partial charge in [-0.25, -0.2) is 4.98 Å². The molecule has 1 amide bonds. The monoisotopic (exact) mass is 318 g/mol. The molecule has 1 atom stereocenters. The van der Waals surface area contributed by atoms with Gasteiger partial charge in [0.25, 0.3) is 5.91 Å². The van der Waals surface area contributed by atoms with E-state index in [1.54, 1.807) is 0 Å². The number of thiazole rings is 1. The summed E-state index contributed by atoms with van der Waals surface area (Å²) in [5.74, 6) is 0.735. The molecular formula is C16H18N2O3S. The number of anilines is 1. The van der Waals surface area contributed by atoms with Crippen LogP contribution in [0.4, 0.5) is 5.13 Å². The molecule has 0 aliphatic carbocycles. The number of carbonyl (C=O) groups excluding carboxylic acids is 1. The summed E-state index contributed by atoms with van der Waals surface area (Å²) in [6, 6.07) is 7.77. The van der Waals surface area contributed by atoms with Crippen LogP contribution in [0, 0.1) is 0 Å². The highest BCUT2D eigenvalue weighted by atomic mass is 32.1. The number of carbonyl (C=O) groups is 1. The summed E-state index contributed by atoms with van der Waals surface area (Å²) in [7, 11) is 0. The van der Waals surface area contributed by atoms with E-state index in [9.17, 15) is 4.79 Å². The lowest BCUT2D eigenvalue weighted by Crippen LogP contribution is -2.26. The number of hydrogen-bond acceptors (Lipinski definition) is 5. The molecule has 1 fully saturated rings. The maximum absolute atomic E-state index is 12.0. The van der Waals surface area contributed by atoms with Crippen molar-refractivity contribution in [2.75, 3.05) is 18.5 Å². The Morgan fingerprint density at radius 2 is 2.27 bits per heavy atom. The van der Waals surface area contributed by atoms with Crippen molar-refractivity contribution in [1.29, 1.82) is 0 Å². The van der Waals surface area contributed by atoms with E-state index >= 15 is 0 Å². The molecule has 2 aromatic rings. The third-order valence-electron chi connectivity index (χ3n) is 3.42. The van der Waals surface area contributed by atoms with E-state index in [1.807, 2.05) is 36.6 Å². The van der Waals surface area contributed by atoms with Crippen LogP contribution in [-0.4, -0.2) is 30.2 Å². The quantitative estimate of drug-likeness (QED) is 0.918. The van der Waals surface area contributed by atoms with E-state index in [4.69, 9.17) is 9.47 Å². The van der Waals surface area contributed by atoms with Crippen molar-refractivity contribution in [3.8, 4) is 17.0 Å². The number of nitrogens with one attached hydrogen (secondary N) is 1. The lowest BCUT2D eigenvalue weighted by molar-refractivity contribution is -0.124. The van der Waals surface area contributed by atoms with E-state index < -0.39 is 0 Å². The van der Waals surface area contributed by atoms with Gasteiger partial charge in [0.2, 0.25) is 0 Å². The smallest absolute Gasteiger partial charge is 0.255 e. The zero-order valence-electron chi connectivity index (χ0n) is 12.4. The second kappa shape index (κ2) is 6.89. The van der Waals surface area contributed by atoms with Crippen molar-refractivity contribution >= 4 is 22.4 Å². The van der Waals surface area contributed by atoms with E-state index in [0.717, 1.165) is 29.8 Å². The van der Waals surface area contributed by atoms with Gasteiger partial charge in [-0.15, -0.1) is 11.3 Å². The normalized spacial score (nSPS) is 17.4. The van der Waals surface area contributed by atoms with Gasteiger partial charge in [0, 0.05) is 17.6 Å². The number of aromatic nitrogens is 1. The summed E-state index contributed by atoms with van der Waals surface area (Å²) in [5, 5.41) is 5.36. The molecule has 0 saturated carbocycles. The Bertz CT molecular complexity index is 633. The average molecular weight is 318 g/mol. The average Bonchev–Trinajstić information content (AvgIpc) is 3.19. The van der Waals surface area contributed by atoms with Gasteiger partial charge in [-0.2, -0.15) is 0 Å². The number of benzene rings is 1. The van der Waals surface area contributed by atoms with Gasteiger partial charge in [-0.05, 0) is 44.0 Å². The van der Waals surface area contributed by atoms with E-state index in [-0.39, 0.29) is 12.0 Å². The standard InChI is InChI=1S/C16H18N2O3S/c1-2-20-12-7-5-11(6-8-12)13-10-22-16(17-13)18-15(19)14-4-3-9-21-14/h5-8,10,14H,2-4,9H2,1H3,(H,17,18,19)/t14-/m0/s1. The number of ether oxygens (including phenoxy) is 2. The second-order valence-corrected chi connectivity index (χ2v) is 5.84. The minimum Gasteiger partial charge on any atom is -0.494 e. The Hall–Kier alpha value is -1.92. The molecule has 6 heteroatoms. The van der Waals surface area contributed by atoms with Gasteiger partial charge in [0.15, 0.2) is 5.13 Å². The van der Waals surface area contributed by atoms with Gasteiger partial charge >= 0.3 is 0 Å². The van der Waals surface area contributed by atoms with E-state index in [2.05, 4.69) is 10.3 Å². The van der Waals surface area contributed by atoms with Gasteiger partial charge in [-0.1, -0.05) is 0 Å². The predicted octanol–water partition coefficient (Wildman–Crippen LogP) is 3.33. The van der Waals surface area contributed by atoms with Crippen LogP contribution >= 0.6 is 11.3 Å². The molecule has 0 spiro atoms. The molecule has 1 aromatic heterocycles. The van der Waals surface area contributed by atoms with Crippen LogP contribution in [0.3, 0.4) is 0 Å². The summed E-state index contributed by atoms with van der Waals surface area (Å²) < 4.78 is 10.8. The first-order chi connectivity index (χ1) is 10.8. The third kappa shape index (κ3) is 3.45. The Morgan fingerprint density at radius 3 is 2.95 bits per heavy atom. The molecule has 1 aromatic carbocycles. The summed E-state index contributed by atoms with van der Waals surface area (Å²) in [4.78, 5) is 16.4.